The second-order valence-electron chi connectivity index (χ2n) is 4.67. The highest BCUT2D eigenvalue weighted by atomic mass is 16.1. The predicted molar refractivity (Wildman–Crippen MR) is 78.9 cm³/mol. The maximum Gasteiger partial charge on any atom is 0.271 e. The smallest absolute Gasteiger partial charge is 0.271 e. The van der Waals surface area contributed by atoms with Crippen molar-refractivity contribution in [3.05, 3.63) is 47.8 Å². The minimum Gasteiger partial charge on any atom is -0.351 e. The molecule has 0 aliphatic rings. The van der Waals surface area contributed by atoms with Crippen molar-refractivity contribution in [2.75, 3.05) is 13.1 Å². The van der Waals surface area contributed by atoms with Gasteiger partial charge in [0.1, 0.15) is 0 Å². The molecule has 106 valence electrons. The van der Waals surface area contributed by atoms with Gasteiger partial charge in [0.05, 0.1) is 5.69 Å². The van der Waals surface area contributed by atoms with Gasteiger partial charge in [0.15, 0.2) is 5.69 Å². The highest BCUT2D eigenvalue weighted by Crippen LogP contribution is 2.11. The van der Waals surface area contributed by atoms with E-state index in [0.717, 1.165) is 24.2 Å². The number of nitrogens with zero attached hydrogens (tertiary/aromatic N) is 2. The van der Waals surface area contributed by atoms with Crippen LogP contribution in [0.25, 0.3) is 5.69 Å². The number of aryl methyl sites for hydroxylation is 1. The van der Waals surface area contributed by atoms with Gasteiger partial charge in [-0.1, -0.05) is 18.2 Å². The third-order valence-electron chi connectivity index (χ3n) is 3.04. The summed E-state index contributed by atoms with van der Waals surface area (Å²) in [4.78, 5) is 12.0. The molecule has 5 heteroatoms. The van der Waals surface area contributed by atoms with E-state index in [2.05, 4.69) is 10.4 Å². The third kappa shape index (κ3) is 3.45. The predicted octanol–water partition coefficient (Wildman–Crippen LogP) is 1.65. The van der Waals surface area contributed by atoms with Crippen molar-refractivity contribution in [3.63, 3.8) is 0 Å². The fraction of sp³-hybridized carbons (Fsp3) is 0.333. The van der Waals surface area contributed by atoms with E-state index in [1.54, 1.807) is 10.7 Å². The molecule has 0 spiro atoms. The van der Waals surface area contributed by atoms with Crippen LogP contribution in [-0.2, 0) is 0 Å². The number of carbonyl (C=O) groups excluding carboxylic acids is 1. The van der Waals surface area contributed by atoms with Crippen LogP contribution in [0.5, 0.6) is 0 Å². The second kappa shape index (κ2) is 6.86. The quantitative estimate of drug-likeness (QED) is 0.785. The Morgan fingerprint density at radius 2 is 2.05 bits per heavy atom. The van der Waals surface area contributed by atoms with Crippen LogP contribution in [0, 0.1) is 6.92 Å². The fourth-order valence-corrected chi connectivity index (χ4v) is 1.98. The molecule has 20 heavy (non-hydrogen) atoms. The van der Waals surface area contributed by atoms with E-state index in [-0.39, 0.29) is 5.91 Å². The summed E-state index contributed by atoms with van der Waals surface area (Å²) in [5.74, 6) is -0.139. The van der Waals surface area contributed by atoms with Gasteiger partial charge in [-0.2, -0.15) is 5.10 Å². The first-order chi connectivity index (χ1) is 9.72. The molecule has 0 unspecified atom stereocenters. The number of benzene rings is 1. The molecule has 0 saturated heterocycles. The number of hydrogen-bond donors (Lipinski definition) is 2. The molecule has 2 aromatic rings. The molecule has 0 bridgehead atoms. The van der Waals surface area contributed by atoms with Crippen LogP contribution >= 0.6 is 0 Å². The van der Waals surface area contributed by atoms with Crippen LogP contribution in [0.1, 0.15) is 29.0 Å². The van der Waals surface area contributed by atoms with Gasteiger partial charge in [-0.3, -0.25) is 4.79 Å². The summed E-state index contributed by atoms with van der Waals surface area (Å²) in [6, 6.07) is 11.6. The number of para-hydroxylation sites is 1. The molecule has 0 aliphatic carbocycles. The SMILES string of the molecule is Cc1cc(C(=O)NCCCCN)nn1-c1ccccc1. The number of aromatic nitrogens is 2. The minimum absolute atomic E-state index is 0.139. The lowest BCUT2D eigenvalue weighted by Gasteiger charge is -2.03. The van der Waals surface area contributed by atoms with E-state index in [4.69, 9.17) is 5.73 Å². The number of unbranched alkanes of at least 4 members (excludes halogenated alkanes) is 1. The Labute approximate surface area is 118 Å². The summed E-state index contributed by atoms with van der Waals surface area (Å²) in [5, 5.41) is 7.21. The zero-order chi connectivity index (χ0) is 14.4. The molecule has 0 fully saturated rings. The number of nitrogens with two attached hydrogens (primary N) is 1. The summed E-state index contributed by atoms with van der Waals surface area (Å²) < 4.78 is 1.77. The Balaban J connectivity index is 2.05. The first kappa shape index (κ1) is 14.3. The maximum absolute atomic E-state index is 12.0. The summed E-state index contributed by atoms with van der Waals surface area (Å²) in [6.45, 7) is 3.22. The van der Waals surface area contributed by atoms with E-state index >= 15 is 0 Å². The van der Waals surface area contributed by atoms with Crippen LogP contribution in [0.4, 0.5) is 0 Å². The molecule has 1 amide bonds. The van der Waals surface area contributed by atoms with Crippen molar-refractivity contribution in [1.82, 2.24) is 15.1 Å². The van der Waals surface area contributed by atoms with E-state index in [0.29, 0.717) is 18.8 Å². The number of hydrogen-bond acceptors (Lipinski definition) is 3. The lowest BCUT2D eigenvalue weighted by molar-refractivity contribution is 0.0947. The largest absolute Gasteiger partial charge is 0.351 e. The molecule has 0 saturated carbocycles. The standard InChI is InChI=1S/C15H20N4O/c1-12-11-14(15(20)17-10-6-5-9-16)18-19(12)13-7-3-2-4-8-13/h2-4,7-8,11H,5-6,9-10,16H2,1H3,(H,17,20). The van der Waals surface area contributed by atoms with Crippen LogP contribution in [-0.4, -0.2) is 28.8 Å². The lowest BCUT2D eigenvalue weighted by Crippen LogP contribution is -2.25. The van der Waals surface area contributed by atoms with Gasteiger partial charge in [0, 0.05) is 12.2 Å². The van der Waals surface area contributed by atoms with Gasteiger partial charge in [-0.25, -0.2) is 4.68 Å². The van der Waals surface area contributed by atoms with Gasteiger partial charge in [0.2, 0.25) is 0 Å². The van der Waals surface area contributed by atoms with Crippen LogP contribution in [0.15, 0.2) is 36.4 Å². The van der Waals surface area contributed by atoms with Crippen molar-refractivity contribution in [3.8, 4) is 5.69 Å². The average molecular weight is 272 g/mol. The van der Waals surface area contributed by atoms with Crippen LogP contribution < -0.4 is 11.1 Å². The molecule has 3 N–H and O–H groups in total. The topological polar surface area (TPSA) is 72.9 Å². The second-order valence-corrected chi connectivity index (χ2v) is 4.67. The average Bonchev–Trinajstić information content (AvgIpc) is 2.86. The Morgan fingerprint density at radius 1 is 1.30 bits per heavy atom. The minimum atomic E-state index is -0.139. The highest BCUT2D eigenvalue weighted by molar-refractivity contribution is 5.92. The highest BCUT2D eigenvalue weighted by Gasteiger charge is 2.12. The molecule has 0 atom stereocenters. The van der Waals surface area contributed by atoms with E-state index in [1.165, 1.54) is 0 Å². The van der Waals surface area contributed by atoms with Crippen molar-refractivity contribution in [2.24, 2.45) is 5.73 Å². The van der Waals surface area contributed by atoms with Crippen molar-refractivity contribution < 1.29 is 4.79 Å². The van der Waals surface area contributed by atoms with Crippen LogP contribution in [0.3, 0.4) is 0 Å². The van der Waals surface area contributed by atoms with Gasteiger partial charge >= 0.3 is 0 Å². The lowest BCUT2D eigenvalue weighted by atomic mass is 10.3. The molecule has 0 aliphatic heterocycles. The van der Waals surface area contributed by atoms with Gasteiger partial charge < -0.3 is 11.1 Å². The third-order valence-corrected chi connectivity index (χ3v) is 3.04. The van der Waals surface area contributed by atoms with Gasteiger partial charge in [-0.15, -0.1) is 0 Å². The number of carbonyl (C=O) groups is 1. The van der Waals surface area contributed by atoms with E-state index in [1.807, 2.05) is 37.3 Å². The fourth-order valence-electron chi connectivity index (χ4n) is 1.98. The molecule has 1 heterocycles. The van der Waals surface area contributed by atoms with Gasteiger partial charge in [0.25, 0.3) is 5.91 Å². The van der Waals surface area contributed by atoms with Crippen LogP contribution in [0.2, 0.25) is 0 Å². The molecule has 0 radical (unpaired) electrons. The summed E-state index contributed by atoms with van der Waals surface area (Å²) in [5.41, 5.74) is 7.74. The summed E-state index contributed by atoms with van der Waals surface area (Å²) in [6.07, 6.45) is 1.80. The Bertz CT molecular complexity index is 563. The number of amides is 1. The van der Waals surface area contributed by atoms with Crippen molar-refractivity contribution in [2.45, 2.75) is 19.8 Å². The summed E-state index contributed by atoms with van der Waals surface area (Å²) >= 11 is 0. The number of rotatable bonds is 6. The molecule has 1 aromatic heterocycles. The molecule has 1 aromatic carbocycles. The molecule has 5 nitrogen and oxygen atoms in total. The first-order valence-electron chi connectivity index (χ1n) is 6.82. The Kier molecular flexibility index (Phi) is 4.90. The van der Waals surface area contributed by atoms with Crippen molar-refractivity contribution in [1.29, 1.82) is 0 Å². The van der Waals surface area contributed by atoms with Gasteiger partial charge in [-0.05, 0) is 44.5 Å². The van der Waals surface area contributed by atoms with E-state index in [9.17, 15) is 4.79 Å². The van der Waals surface area contributed by atoms with E-state index < -0.39 is 0 Å². The Morgan fingerprint density at radius 3 is 2.75 bits per heavy atom. The maximum atomic E-state index is 12.0. The normalized spacial score (nSPS) is 10.5. The monoisotopic (exact) mass is 272 g/mol. The molecule has 2 rings (SSSR count). The zero-order valence-electron chi connectivity index (χ0n) is 11.7. The first-order valence-corrected chi connectivity index (χ1v) is 6.82. The molecular formula is C15H20N4O. The number of nitrogens with one attached hydrogen (secondary N) is 1. The molecular weight excluding hydrogens is 252 g/mol. The Hall–Kier alpha value is -2.14. The zero-order valence-corrected chi connectivity index (χ0v) is 11.7. The van der Waals surface area contributed by atoms with Crippen molar-refractivity contribution >= 4 is 5.91 Å². The summed E-state index contributed by atoms with van der Waals surface area (Å²) in [7, 11) is 0.